The van der Waals surface area contributed by atoms with E-state index >= 15 is 0 Å². The van der Waals surface area contributed by atoms with E-state index < -0.39 is 9.85 Å². The highest BCUT2D eigenvalue weighted by Crippen LogP contribution is 2.34. The second-order valence-corrected chi connectivity index (χ2v) is 30.7. The molecule has 0 N–H and O–H groups in total. The van der Waals surface area contributed by atoms with Crippen LogP contribution in [0.15, 0.2) is 212 Å². The number of rotatable bonds is 14. The monoisotopic (exact) mass is 1500 g/mol. The summed E-state index contributed by atoms with van der Waals surface area (Å²) in [6, 6.07) is 67.2. The summed E-state index contributed by atoms with van der Waals surface area (Å²) >= 11 is 18.8. The Morgan fingerprint density at radius 2 is 0.829 bits per heavy atom. The lowest BCUT2D eigenvalue weighted by molar-refractivity contribution is -0.394. The van der Waals surface area contributed by atoms with Crippen molar-refractivity contribution in [3.63, 3.8) is 0 Å². The summed E-state index contributed by atoms with van der Waals surface area (Å²) < 4.78 is 4.66. The van der Waals surface area contributed by atoms with Crippen LogP contribution < -0.4 is 4.90 Å². The van der Waals surface area contributed by atoms with Gasteiger partial charge in [0.15, 0.2) is 0 Å². The van der Waals surface area contributed by atoms with E-state index in [9.17, 15) is 35.1 Å². The Kier molecular flexibility index (Phi) is 41.9. The highest BCUT2D eigenvalue weighted by Gasteiger charge is 2.21. The van der Waals surface area contributed by atoms with Crippen molar-refractivity contribution in [2.24, 2.45) is 5.92 Å². The number of thiophene rings is 1. The predicted octanol–water partition coefficient (Wildman–Crippen LogP) is 28.9. The van der Waals surface area contributed by atoms with Crippen molar-refractivity contribution in [1.29, 1.82) is 0 Å². The smallest absolute Gasteiger partial charge is 0.348 e. The maximum atomic E-state index is 11.2. The maximum Gasteiger partial charge on any atom is 0.348 e. The molecule has 0 unspecified atom stereocenters. The first-order valence-electron chi connectivity index (χ1n) is 35.8. The Morgan fingerprint density at radius 1 is 0.400 bits per heavy atom. The van der Waals surface area contributed by atoms with Gasteiger partial charge in [-0.15, -0.1) is 11.3 Å². The molecule has 1 heterocycles. The zero-order valence-corrected chi connectivity index (χ0v) is 69.1. The number of nitro benzene ring substituents is 3. The highest BCUT2D eigenvalue weighted by atomic mass is 35.5. The van der Waals surface area contributed by atoms with Gasteiger partial charge in [0, 0.05) is 64.0 Å². The number of non-ortho nitro benzene ring substituents is 2. The zero-order chi connectivity index (χ0) is 79.4. The van der Waals surface area contributed by atoms with E-state index in [1.807, 2.05) is 61.7 Å². The van der Waals surface area contributed by atoms with Crippen molar-refractivity contribution in [1.82, 2.24) is 0 Å². The molecule has 0 spiro atoms. The minimum Gasteiger partial charge on any atom is -0.465 e. The standard InChI is InChI=1S/C15H19N.C15H16.C10H14.C9H10Cl2.C9H11Cl.C9H10N2O4.C9H11NO2.C9H12O2S.C4H10/c1-11(2)12-7-5-9-14-13(12)8-6-10-15(14)16(3)4;1-12(2)13-8-10-15(11-9-13)14-6-4-3-5-7-14;1-8(2)10-6-4-9(3)5-7-10;1-6(2)8-4-3-7(10)5-9(8)11;1-7(2)8-3-5-9(10)6-4-8;1-6(2)8-4-3-7(10(12)13)5-9(8)11(14)15;1-7(2)8-4-3-5-9(6-8)10(11)12;1-6(2)7-4-5-12-8(7)9(10)11-3;1-4(2)3/h5-11H,1-4H3;3-12H,1-2H3;4-8H,1-3H3;3-6H,1-2H3;3-7H,1-2H3;3-6H,1-2H3;3-7H,1-2H3;4-6H,1-3H3;4H,1-3H3. The number of benzene rings is 9. The normalized spacial score (nSPS) is 10.5. The highest BCUT2D eigenvalue weighted by molar-refractivity contribution is 7.12. The average molecular weight is 1510 g/mol. The van der Waals surface area contributed by atoms with E-state index in [4.69, 9.17) is 34.8 Å². The van der Waals surface area contributed by atoms with Gasteiger partial charge in [-0.2, -0.15) is 0 Å². The molecule has 0 atom stereocenters. The van der Waals surface area contributed by atoms with Gasteiger partial charge < -0.3 is 9.64 Å². The van der Waals surface area contributed by atoms with Gasteiger partial charge >= 0.3 is 5.97 Å². The van der Waals surface area contributed by atoms with Crippen LogP contribution in [0, 0.1) is 43.2 Å². The molecule has 0 fully saturated rings. The molecule has 0 bridgehead atoms. The van der Waals surface area contributed by atoms with Crippen LogP contribution in [0.2, 0.25) is 15.1 Å². The van der Waals surface area contributed by atoms with E-state index in [-0.39, 0.29) is 33.9 Å². The lowest BCUT2D eigenvalue weighted by atomic mass is 9.95. The van der Waals surface area contributed by atoms with E-state index in [1.54, 1.807) is 32.0 Å². The summed E-state index contributed by atoms with van der Waals surface area (Å²) in [5.41, 5.74) is 14.2. The topological polar surface area (TPSA) is 159 Å². The molecule has 0 saturated carbocycles. The van der Waals surface area contributed by atoms with Gasteiger partial charge in [0.2, 0.25) is 0 Å². The number of nitro groups is 3. The van der Waals surface area contributed by atoms with Crippen LogP contribution in [0.4, 0.5) is 22.7 Å². The van der Waals surface area contributed by atoms with Crippen LogP contribution in [0.1, 0.15) is 239 Å². The van der Waals surface area contributed by atoms with Gasteiger partial charge in [0.25, 0.3) is 17.1 Å². The number of hydrogen-bond acceptors (Lipinski definition) is 10. The molecule has 16 heteroatoms. The van der Waals surface area contributed by atoms with Gasteiger partial charge in [0.1, 0.15) is 4.88 Å². The van der Waals surface area contributed by atoms with Gasteiger partial charge in [0.05, 0.1) is 27.9 Å². The second kappa shape index (κ2) is 47.7. The molecule has 12 nitrogen and oxygen atoms in total. The lowest BCUT2D eigenvalue weighted by Crippen LogP contribution is -2.09. The Labute approximate surface area is 646 Å². The number of halogens is 3. The molecule has 0 aliphatic carbocycles. The van der Waals surface area contributed by atoms with Gasteiger partial charge in [-0.1, -0.05) is 311 Å². The van der Waals surface area contributed by atoms with E-state index in [2.05, 4.69) is 256 Å². The number of carbonyl (C=O) groups excluding carboxylic acids is 1. The first-order chi connectivity index (χ1) is 49.3. The quantitative estimate of drug-likeness (QED) is 0.0587. The second-order valence-electron chi connectivity index (χ2n) is 28.5. The Hall–Kier alpha value is -8.72. The summed E-state index contributed by atoms with van der Waals surface area (Å²) in [6.07, 6.45) is 0. The fraction of sp³-hybridized carbons (Fsp3) is 0.360. The minimum atomic E-state index is -0.642. The molecule has 0 saturated heterocycles. The Bertz CT molecular complexity index is 4110. The molecule has 1 aromatic heterocycles. The lowest BCUT2D eigenvalue weighted by Gasteiger charge is -2.17. The molecule has 10 aromatic rings. The molecule has 0 aliphatic rings. The van der Waals surface area contributed by atoms with Crippen LogP contribution in [0.5, 0.6) is 0 Å². The van der Waals surface area contributed by atoms with Crippen molar-refractivity contribution >= 4 is 85.6 Å². The van der Waals surface area contributed by atoms with Gasteiger partial charge in [-0.05, 0) is 163 Å². The molecule has 10 rings (SSSR count). The number of fused-ring (bicyclic) bond motifs is 1. The van der Waals surface area contributed by atoms with Crippen LogP contribution >= 0.6 is 46.1 Å². The third-order valence-electron chi connectivity index (χ3n) is 16.1. The summed E-state index contributed by atoms with van der Waals surface area (Å²) in [6.45, 7) is 42.3. The van der Waals surface area contributed by atoms with Crippen LogP contribution in [0.25, 0.3) is 21.9 Å². The van der Waals surface area contributed by atoms with E-state index in [0.717, 1.165) is 43.6 Å². The summed E-state index contributed by atoms with van der Waals surface area (Å²) in [4.78, 5) is 44.0. The molecule has 105 heavy (non-hydrogen) atoms. The third-order valence-corrected chi connectivity index (χ3v) is 17.8. The zero-order valence-electron chi connectivity index (χ0n) is 66.0. The Balaban J connectivity index is 0.000000407. The van der Waals surface area contributed by atoms with Gasteiger partial charge in [-0.3, -0.25) is 30.3 Å². The predicted molar refractivity (Wildman–Crippen MR) is 451 cm³/mol. The Morgan fingerprint density at radius 3 is 1.28 bits per heavy atom. The summed E-state index contributed by atoms with van der Waals surface area (Å²) in [7, 11) is 5.60. The van der Waals surface area contributed by atoms with Crippen molar-refractivity contribution in [3.05, 3.63) is 312 Å². The summed E-state index contributed by atoms with van der Waals surface area (Å²) in [5, 5.41) is 38.4. The number of methoxy groups -OCH3 is 1. The van der Waals surface area contributed by atoms with Crippen LogP contribution in [-0.4, -0.2) is 41.9 Å². The number of esters is 1. The number of hydrogen-bond donors (Lipinski definition) is 0. The molecule has 564 valence electrons. The first kappa shape index (κ1) is 92.4. The third kappa shape index (κ3) is 33.5. The average Bonchev–Trinajstić information content (AvgIpc) is 1.08. The number of carbonyl (C=O) groups is 1. The molecular formula is C89H113Cl3N4O8S. The number of anilines is 1. The number of aryl methyl sites for hydroxylation is 1. The molecule has 0 aliphatic heterocycles. The van der Waals surface area contributed by atoms with Gasteiger partial charge in [-0.25, -0.2) is 4.79 Å². The largest absolute Gasteiger partial charge is 0.465 e. The van der Waals surface area contributed by atoms with Crippen molar-refractivity contribution in [3.8, 4) is 11.1 Å². The van der Waals surface area contributed by atoms with Crippen molar-refractivity contribution < 1.29 is 24.3 Å². The fourth-order valence-electron chi connectivity index (χ4n) is 9.99. The number of nitrogens with zero attached hydrogens (tertiary/aromatic N) is 4. The fourth-order valence-corrected chi connectivity index (χ4v) is 11.7. The molecule has 0 radical (unpaired) electrons. The van der Waals surface area contributed by atoms with E-state index in [1.165, 1.54) is 92.0 Å². The van der Waals surface area contributed by atoms with Crippen LogP contribution in [-0.2, 0) is 4.74 Å². The summed E-state index contributed by atoms with van der Waals surface area (Å²) in [5.74, 6) is 4.17. The SMILES string of the molecule is CC(C)C.CC(C)c1ccc(-c2ccccc2)cc1.CC(C)c1ccc(Cl)cc1.CC(C)c1ccc(Cl)cc1Cl.CC(C)c1ccc([N+](=O)[O-])cc1[N+](=O)[O-].CC(C)c1cccc([N+](=O)[O-])c1.CC(C)c1cccc2c(N(C)C)cccc12.COC(=O)c1sccc1C(C)C.Cc1ccc(C(C)C)cc1. The number of ether oxygens (including phenoxy) is 1. The first-order valence-corrected chi connectivity index (χ1v) is 37.8. The van der Waals surface area contributed by atoms with E-state index in [0.29, 0.717) is 52.0 Å². The molecular weight excluding hydrogens is 1390 g/mol. The molecule has 9 aromatic carbocycles. The van der Waals surface area contributed by atoms with Crippen LogP contribution in [0.3, 0.4) is 0 Å². The molecule has 0 amide bonds. The van der Waals surface area contributed by atoms with Crippen molar-refractivity contribution in [2.45, 2.75) is 186 Å². The minimum absolute atomic E-state index is 0.0359. The van der Waals surface area contributed by atoms with Crippen molar-refractivity contribution in [2.75, 3.05) is 26.1 Å². The maximum absolute atomic E-state index is 11.2.